The largest absolute Gasteiger partial charge is 0.456 e. The first-order valence-corrected chi connectivity index (χ1v) is 22.6. The van der Waals surface area contributed by atoms with Crippen molar-refractivity contribution >= 4 is 35.4 Å². The monoisotopic (exact) mass is 788 g/mol. The summed E-state index contributed by atoms with van der Waals surface area (Å²) >= 11 is 0. The lowest BCUT2D eigenvalue weighted by Crippen LogP contribution is -2.36. The molecule has 0 radical (unpaired) electrons. The van der Waals surface area contributed by atoms with Gasteiger partial charge >= 0.3 is 5.97 Å². The summed E-state index contributed by atoms with van der Waals surface area (Å²) in [5.41, 5.74) is 6.92. The number of carbonyl (C=O) groups excluding carboxylic acids is 3. The molecule has 1 saturated heterocycles. The van der Waals surface area contributed by atoms with E-state index in [9.17, 15) is 14.4 Å². The number of fused-ring (bicyclic) bond motifs is 2. The van der Waals surface area contributed by atoms with E-state index in [-0.39, 0.29) is 17.9 Å². The maximum atomic E-state index is 13.2. The number of cyclic esters (lactones) is 1. The number of carbonyl (C=O) groups is 3. The second-order valence-corrected chi connectivity index (χ2v) is 16.9. The van der Waals surface area contributed by atoms with Gasteiger partial charge in [0.15, 0.2) is 5.78 Å². The molecule has 2 aliphatic heterocycles. The van der Waals surface area contributed by atoms with Gasteiger partial charge in [-0.05, 0) is 86.1 Å². The van der Waals surface area contributed by atoms with Crippen LogP contribution in [0.15, 0.2) is 66.2 Å². The van der Waals surface area contributed by atoms with Gasteiger partial charge in [0.05, 0.1) is 5.57 Å². The van der Waals surface area contributed by atoms with Crippen molar-refractivity contribution in [1.29, 1.82) is 0 Å². The number of esters is 1. The molecule has 1 fully saturated rings. The second-order valence-electron chi connectivity index (χ2n) is 16.9. The Morgan fingerprint density at radius 1 is 0.707 bits per heavy atom. The zero-order chi connectivity index (χ0) is 41.3. The highest BCUT2D eigenvalue weighted by Crippen LogP contribution is 2.39. The second kappa shape index (κ2) is 23.2. The van der Waals surface area contributed by atoms with E-state index in [0.717, 1.165) is 119 Å². The van der Waals surface area contributed by atoms with Crippen LogP contribution in [0.1, 0.15) is 175 Å². The number of benzene rings is 3. The van der Waals surface area contributed by atoms with Gasteiger partial charge in [-0.15, -0.1) is 0 Å². The van der Waals surface area contributed by atoms with E-state index in [0.29, 0.717) is 25.0 Å². The Morgan fingerprint density at radius 3 is 2.02 bits per heavy atom. The average molecular weight is 788 g/mol. The van der Waals surface area contributed by atoms with Gasteiger partial charge in [-0.1, -0.05) is 127 Å². The maximum Gasteiger partial charge on any atom is 0.338 e. The maximum absolute atomic E-state index is 13.2. The standard InChI is InChI=1S/C52H69NO5/c1-6-7-8-9-10-11-12-13-14-18-21-28-48-46(52(56)58-48)26-23-22-25-42(54)24-19-16-15-17-20-27-47(55)40-30-33-43(39(3)36-40)51-44-32-29-38(2)35-49(44)57-50-37-41(53(4)5)31-34-45(50)51/h26,29-37,48H,2,6-25,27-28H2,1,3-5H3/b46-26-. The molecule has 1 atom stereocenters. The van der Waals surface area contributed by atoms with Gasteiger partial charge in [0.1, 0.15) is 23.4 Å². The molecule has 0 aliphatic carbocycles. The van der Waals surface area contributed by atoms with Gasteiger partial charge in [-0.2, -0.15) is 0 Å². The molecule has 0 spiro atoms. The summed E-state index contributed by atoms with van der Waals surface area (Å²) in [5, 5.41) is 1.92. The van der Waals surface area contributed by atoms with E-state index >= 15 is 0 Å². The number of hydrogen-bond acceptors (Lipinski definition) is 6. The lowest BCUT2D eigenvalue weighted by atomic mass is 9.88. The topological polar surface area (TPSA) is 72.9 Å². The summed E-state index contributed by atoms with van der Waals surface area (Å²) in [6.45, 7) is 8.45. The Kier molecular flexibility index (Phi) is 17.9. The SMILES string of the molecule is C=c1ccc2c(c1)Oc1cc(N(C)C)ccc1C=2c1ccc(C(=O)CCCCCCCC(=O)CCC/C=C2\C(=O)OC2CCCCCCCCCCCCC)cc1C. The predicted molar refractivity (Wildman–Crippen MR) is 239 cm³/mol. The van der Waals surface area contributed by atoms with Crippen LogP contribution >= 0.6 is 0 Å². The van der Waals surface area contributed by atoms with Crippen molar-refractivity contribution in [3.63, 3.8) is 0 Å². The van der Waals surface area contributed by atoms with E-state index in [1.165, 1.54) is 64.2 Å². The van der Waals surface area contributed by atoms with E-state index in [2.05, 4.69) is 55.7 Å². The predicted octanol–water partition coefficient (Wildman–Crippen LogP) is 12.0. The lowest BCUT2D eigenvalue weighted by molar-refractivity contribution is -0.156. The number of unbranched alkanes of at least 4 members (excludes halogenated alkanes) is 15. The molecule has 312 valence electrons. The quantitative estimate of drug-likeness (QED) is 0.0259. The summed E-state index contributed by atoms with van der Waals surface area (Å²) in [5.74, 6) is 1.90. The minimum Gasteiger partial charge on any atom is -0.456 e. The zero-order valence-electron chi connectivity index (χ0n) is 36.1. The molecule has 0 aromatic heterocycles. The number of ketones is 2. The highest BCUT2D eigenvalue weighted by molar-refractivity contribution is 5.97. The van der Waals surface area contributed by atoms with Gasteiger partial charge in [0, 0.05) is 67.0 Å². The number of ether oxygens (including phenoxy) is 2. The van der Waals surface area contributed by atoms with Gasteiger partial charge in [0.2, 0.25) is 0 Å². The Bertz CT molecular complexity index is 1990. The molecule has 0 N–H and O–H groups in total. The molecular weight excluding hydrogens is 719 g/mol. The summed E-state index contributed by atoms with van der Waals surface area (Å²) in [7, 11) is 4.04. The molecule has 0 bridgehead atoms. The normalized spacial score (nSPS) is 15.0. The molecule has 5 rings (SSSR count). The molecular formula is C52H69NO5. The first-order valence-electron chi connectivity index (χ1n) is 22.6. The minimum absolute atomic E-state index is 0.0411. The van der Waals surface area contributed by atoms with Crippen LogP contribution in [0.4, 0.5) is 5.69 Å². The summed E-state index contributed by atoms with van der Waals surface area (Å²) in [4.78, 5) is 39.9. The molecule has 2 aliphatic rings. The van der Waals surface area contributed by atoms with Crippen LogP contribution < -0.4 is 20.1 Å². The van der Waals surface area contributed by atoms with Crippen molar-refractivity contribution in [3.8, 4) is 11.5 Å². The van der Waals surface area contributed by atoms with Crippen LogP contribution in [-0.2, 0) is 14.3 Å². The van der Waals surface area contributed by atoms with Gasteiger partial charge in [-0.3, -0.25) is 9.59 Å². The van der Waals surface area contributed by atoms with Crippen molar-refractivity contribution < 1.29 is 23.9 Å². The van der Waals surface area contributed by atoms with Crippen molar-refractivity contribution in [3.05, 3.63) is 98.9 Å². The molecule has 0 amide bonds. The molecule has 3 aromatic carbocycles. The third kappa shape index (κ3) is 13.0. The number of anilines is 1. The average Bonchev–Trinajstić information content (AvgIpc) is 3.20. The van der Waals surface area contributed by atoms with Crippen molar-refractivity contribution in [2.75, 3.05) is 19.0 Å². The van der Waals surface area contributed by atoms with E-state index in [1.807, 2.05) is 44.4 Å². The Labute approximate surface area is 348 Å². The van der Waals surface area contributed by atoms with Crippen LogP contribution in [0.2, 0.25) is 0 Å². The van der Waals surface area contributed by atoms with Gasteiger partial charge in [0.25, 0.3) is 0 Å². The van der Waals surface area contributed by atoms with E-state index in [1.54, 1.807) is 0 Å². The smallest absolute Gasteiger partial charge is 0.338 e. The number of Topliss-reactive ketones (excluding diaryl/α,β-unsaturated/α-hetero) is 2. The highest BCUT2D eigenvalue weighted by atomic mass is 16.6. The van der Waals surface area contributed by atoms with Crippen LogP contribution in [-0.4, -0.2) is 37.7 Å². The van der Waals surface area contributed by atoms with Crippen molar-refractivity contribution in [2.24, 2.45) is 0 Å². The fourth-order valence-electron chi connectivity index (χ4n) is 8.33. The summed E-state index contributed by atoms with van der Waals surface area (Å²) in [6, 6.07) is 18.5. The van der Waals surface area contributed by atoms with Gasteiger partial charge < -0.3 is 14.4 Å². The Hall–Kier alpha value is -4.45. The lowest BCUT2D eigenvalue weighted by Gasteiger charge is -2.29. The van der Waals surface area contributed by atoms with E-state index in [4.69, 9.17) is 9.47 Å². The summed E-state index contributed by atoms with van der Waals surface area (Å²) in [6.07, 6.45) is 25.3. The molecule has 58 heavy (non-hydrogen) atoms. The number of hydrogen-bond donors (Lipinski definition) is 0. The summed E-state index contributed by atoms with van der Waals surface area (Å²) < 4.78 is 11.8. The number of allylic oxidation sites excluding steroid dienone is 1. The molecule has 6 nitrogen and oxygen atoms in total. The Balaban J connectivity index is 0.953. The fourth-order valence-corrected chi connectivity index (χ4v) is 8.33. The number of nitrogens with zero attached hydrogens (tertiary/aromatic N) is 1. The molecule has 1 unspecified atom stereocenters. The zero-order valence-corrected chi connectivity index (χ0v) is 36.1. The van der Waals surface area contributed by atoms with Crippen LogP contribution in [0.5, 0.6) is 11.5 Å². The minimum atomic E-state index is -0.177. The third-order valence-electron chi connectivity index (χ3n) is 11.9. The van der Waals surface area contributed by atoms with Crippen molar-refractivity contribution in [1.82, 2.24) is 0 Å². The molecule has 3 aromatic rings. The van der Waals surface area contributed by atoms with E-state index < -0.39 is 0 Å². The molecule has 0 saturated carbocycles. The highest BCUT2D eigenvalue weighted by Gasteiger charge is 2.34. The van der Waals surface area contributed by atoms with Gasteiger partial charge in [-0.25, -0.2) is 4.79 Å². The Morgan fingerprint density at radius 2 is 1.34 bits per heavy atom. The number of rotatable bonds is 27. The van der Waals surface area contributed by atoms with Crippen molar-refractivity contribution in [2.45, 2.75) is 161 Å². The fraction of sp³-hybridized carbons (Fsp3) is 0.519. The van der Waals surface area contributed by atoms with Crippen LogP contribution in [0.3, 0.4) is 0 Å². The third-order valence-corrected chi connectivity index (χ3v) is 11.9. The number of aryl methyl sites for hydroxylation is 1. The van der Waals surface area contributed by atoms with Crippen LogP contribution in [0.25, 0.3) is 12.2 Å². The first kappa shape index (κ1) is 44.6. The first-order chi connectivity index (χ1) is 28.2. The molecule has 2 heterocycles. The van der Waals surface area contributed by atoms with Crippen LogP contribution in [0, 0.1) is 6.92 Å². The molecule has 6 heteroatoms.